The van der Waals surface area contributed by atoms with Gasteiger partial charge in [0.05, 0.1) is 11.7 Å². The summed E-state index contributed by atoms with van der Waals surface area (Å²) in [6.45, 7) is 0.710. The van der Waals surface area contributed by atoms with E-state index >= 15 is 0 Å². The summed E-state index contributed by atoms with van der Waals surface area (Å²) in [5, 5.41) is 0. The normalized spacial score (nSPS) is 35.2. The molecule has 1 unspecified atom stereocenters. The van der Waals surface area contributed by atoms with E-state index in [4.69, 9.17) is 10.5 Å². The average Bonchev–Trinajstić information content (AvgIpc) is 2.62. The number of rotatable bonds is 1. The summed E-state index contributed by atoms with van der Waals surface area (Å²) in [5.41, 5.74) is 5.84. The molecule has 2 heteroatoms. The zero-order valence-corrected chi connectivity index (χ0v) is 7.01. The van der Waals surface area contributed by atoms with E-state index in [9.17, 15) is 0 Å². The molecule has 0 aromatic rings. The maximum Gasteiger partial charge on any atom is 0.0705 e. The second kappa shape index (κ2) is 2.76. The van der Waals surface area contributed by atoms with Gasteiger partial charge in [0, 0.05) is 6.54 Å². The van der Waals surface area contributed by atoms with Gasteiger partial charge < -0.3 is 10.5 Å². The fraction of sp³-hybridized carbons (Fsp3) is 1.00. The fourth-order valence-electron chi connectivity index (χ4n) is 2.45. The van der Waals surface area contributed by atoms with Crippen LogP contribution in [0.5, 0.6) is 0 Å². The van der Waals surface area contributed by atoms with Crippen LogP contribution < -0.4 is 5.73 Å². The predicted octanol–water partition coefficient (Wildman–Crippen LogP) is 1.44. The molecule has 2 aliphatic rings. The van der Waals surface area contributed by atoms with Crippen molar-refractivity contribution in [2.24, 2.45) is 5.73 Å². The average molecular weight is 155 g/mol. The molecule has 2 nitrogen and oxygen atoms in total. The van der Waals surface area contributed by atoms with Crippen molar-refractivity contribution < 1.29 is 4.74 Å². The Morgan fingerprint density at radius 2 is 2.00 bits per heavy atom. The molecule has 1 saturated carbocycles. The molecule has 0 radical (unpaired) electrons. The molecule has 64 valence electrons. The number of hydrogen-bond donors (Lipinski definition) is 1. The topological polar surface area (TPSA) is 35.2 Å². The molecule has 1 aliphatic carbocycles. The van der Waals surface area contributed by atoms with Gasteiger partial charge in [-0.1, -0.05) is 12.8 Å². The van der Waals surface area contributed by atoms with Gasteiger partial charge in [-0.25, -0.2) is 0 Å². The van der Waals surface area contributed by atoms with Gasteiger partial charge in [-0.2, -0.15) is 0 Å². The third-order valence-corrected chi connectivity index (χ3v) is 3.12. The molecule has 11 heavy (non-hydrogen) atoms. The minimum absolute atomic E-state index is 0.282. The van der Waals surface area contributed by atoms with Gasteiger partial charge in [-0.05, 0) is 25.7 Å². The number of ether oxygens (including phenoxy) is 1. The first-order valence-electron chi connectivity index (χ1n) is 4.73. The lowest BCUT2D eigenvalue weighted by Crippen LogP contribution is -2.28. The van der Waals surface area contributed by atoms with Crippen molar-refractivity contribution in [3.63, 3.8) is 0 Å². The van der Waals surface area contributed by atoms with E-state index in [-0.39, 0.29) is 5.60 Å². The number of hydrogen-bond acceptors (Lipinski definition) is 2. The van der Waals surface area contributed by atoms with Crippen molar-refractivity contribution in [3.05, 3.63) is 0 Å². The van der Waals surface area contributed by atoms with Crippen molar-refractivity contribution in [3.8, 4) is 0 Å². The molecular formula is C9H17NO. The summed E-state index contributed by atoms with van der Waals surface area (Å²) in [5.74, 6) is 0. The third kappa shape index (κ3) is 1.30. The largest absolute Gasteiger partial charge is 0.370 e. The van der Waals surface area contributed by atoms with Crippen LogP contribution in [0.4, 0.5) is 0 Å². The highest BCUT2D eigenvalue weighted by atomic mass is 16.5. The molecule has 1 aliphatic heterocycles. The Morgan fingerprint density at radius 1 is 1.27 bits per heavy atom. The monoisotopic (exact) mass is 155 g/mol. The van der Waals surface area contributed by atoms with Gasteiger partial charge in [-0.3, -0.25) is 0 Å². The molecule has 2 rings (SSSR count). The summed E-state index contributed by atoms with van der Waals surface area (Å²) < 4.78 is 5.93. The summed E-state index contributed by atoms with van der Waals surface area (Å²) in [6.07, 6.45) is 8.10. The Hall–Kier alpha value is -0.0800. The molecular weight excluding hydrogens is 138 g/mol. The van der Waals surface area contributed by atoms with Gasteiger partial charge in [0.2, 0.25) is 0 Å². The molecule has 2 N–H and O–H groups in total. The van der Waals surface area contributed by atoms with Gasteiger partial charge in [0.25, 0.3) is 0 Å². The van der Waals surface area contributed by atoms with Crippen molar-refractivity contribution in [2.75, 3.05) is 6.54 Å². The van der Waals surface area contributed by atoms with Crippen LogP contribution in [0.2, 0.25) is 0 Å². The molecule has 2 fully saturated rings. The standard InChI is InChI=1S/C9H17NO/c10-7-8-3-6-9(11-8)4-1-2-5-9/h8H,1-7,10H2. The van der Waals surface area contributed by atoms with E-state index < -0.39 is 0 Å². The lowest BCUT2D eigenvalue weighted by molar-refractivity contribution is -0.0322. The minimum Gasteiger partial charge on any atom is -0.370 e. The highest BCUT2D eigenvalue weighted by Crippen LogP contribution is 2.42. The predicted molar refractivity (Wildman–Crippen MR) is 44.4 cm³/mol. The zero-order valence-electron chi connectivity index (χ0n) is 7.01. The highest BCUT2D eigenvalue weighted by molar-refractivity contribution is 4.92. The zero-order chi connectivity index (χ0) is 7.73. The maximum atomic E-state index is 5.93. The smallest absolute Gasteiger partial charge is 0.0705 e. The SMILES string of the molecule is NCC1CCC2(CCCC2)O1. The van der Waals surface area contributed by atoms with Crippen LogP contribution in [-0.4, -0.2) is 18.2 Å². The Morgan fingerprint density at radius 3 is 2.55 bits per heavy atom. The lowest BCUT2D eigenvalue weighted by atomic mass is 9.98. The molecule has 0 amide bonds. The molecule has 1 spiro atoms. The van der Waals surface area contributed by atoms with Crippen LogP contribution in [0.1, 0.15) is 38.5 Å². The molecule has 0 bridgehead atoms. The number of nitrogens with two attached hydrogens (primary N) is 1. The Labute approximate surface area is 68.1 Å². The molecule has 1 atom stereocenters. The first-order chi connectivity index (χ1) is 5.35. The van der Waals surface area contributed by atoms with Crippen LogP contribution in [-0.2, 0) is 4.74 Å². The van der Waals surface area contributed by atoms with Crippen molar-refractivity contribution in [1.82, 2.24) is 0 Å². The van der Waals surface area contributed by atoms with Crippen LogP contribution in [0, 0.1) is 0 Å². The third-order valence-electron chi connectivity index (χ3n) is 3.12. The van der Waals surface area contributed by atoms with Gasteiger partial charge >= 0.3 is 0 Å². The summed E-state index contributed by atoms with van der Waals surface area (Å²) in [6, 6.07) is 0. The van der Waals surface area contributed by atoms with Crippen LogP contribution in [0.25, 0.3) is 0 Å². The quantitative estimate of drug-likeness (QED) is 0.622. The first kappa shape index (κ1) is 7.56. The van der Waals surface area contributed by atoms with Gasteiger partial charge in [-0.15, -0.1) is 0 Å². The molecule has 1 saturated heterocycles. The summed E-state index contributed by atoms with van der Waals surface area (Å²) in [4.78, 5) is 0. The van der Waals surface area contributed by atoms with E-state index in [0.29, 0.717) is 12.6 Å². The summed E-state index contributed by atoms with van der Waals surface area (Å²) in [7, 11) is 0. The molecule has 1 heterocycles. The second-order valence-corrected chi connectivity index (χ2v) is 3.90. The molecule has 0 aromatic carbocycles. The van der Waals surface area contributed by atoms with E-state index in [1.807, 2.05) is 0 Å². The molecule has 0 aromatic heterocycles. The Bertz CT molecular complexity index is 140. The maximum absolute atomic E-state index is 5.93. The van der Waals surface area contributed by atoms with E-state index in [0.717, 1.165) is 0 Å². The van der Waals surface area contributed by atoms with E-state index in [1.54, 1.807) is 0 Å². The van der Waals surface area contributed by atoms with Crippen LogP contribution in [0.15, 0.2) is 0 Å². The lowest BCUT2D eigenvalue weighted by Gasteiger charge is -2.23. The van der Waals surface area contributed by atoms with Gasteiger partial charge in [0.1, 0.15) is 0 Å². The van der Waals surface area contributed by atoms with Crippen LogP contribution >= 0.6 is 0 Å². The Kier molecular flexibility index (Phi) is 1.90. The van der Waals surface area contributed by atoms with Crippen molar-refractivity contribution >= 4 is 0 Å². The highest BCUT2D eigenvalue weighted by Gasteiger charge is 2.41. The van der Waals surface area contributed by atoms with E-state index in [2.05, 4.69) is 0 Å². The Balaban J connectivity index is 1.96. The van der Waals surface area contributed by atoms with Crippen molar-refractivity contribution in [2.45, 2.75) is 50.2 Å². The first-order valence-corrected chi connectivity index (χ1v) is 4.73. The van der Waals surface area contributed by atoms with Crippen LogP contribution in [0.3, 0.4) is 0 Å². The van der Waals surface area contributed by atoms with E-state index in [1.165, 1.54) is 38.5 Å². The van der Waals surface area contributed by atoms with Gasteiger partial charge in [0.15, 0.2) is 0 Å². The summed E-state index contributed by atoms with van der Waals surface area (Å²) >= 11 is 0. The minimum atomic E-state index is 0.282. The second-order valence-electron chi connectivity index (χ2n) is 3.90. The van der Waals surface area contributed by atoms with Crippen molar-refractivity contribution in [1.29, 1.82) is 0 Å². The fourth-order valence-corrected chi connectivity index (χ4v) is 2.45.